The summed E-state index contributed by atoms with van der Waals surface area (Å²) >= 11 is 0. The molecule has 8 heteroatoms. The molecule has 2 rings (SSSR count). The smallest absolute Gasteiger partial charge is 0.329 e. The van der Waals surface area contributed by atoms with Crippen molar-refractivity contribution in [1.29, 1.82) is 0 Å². The summed E-state index contributed by atoms with van der Waals surface area (Å²) in [5, 5.41) is 4.88. The summed E-state index contributed by atoms with van der Waals surface area (Å²) in [6.07, 6.45) is -1.20. The fourth-order valence-corrected chi connectivity index (χ4v) is 2.47. The molecule has 6 nitrogen and oxygen atoms in total. The average Bonchev–Trinajstić information content (AvgIpc) is 2.65. The number of halogens is 2. The fourth-order valence-electron chi connectivity index (χ4n) is 2.47. The molecule has 0 aromatic heterocycles. The molecule has 0 heterocycles. The first-order valence-corrected chi connectivity index (χ1v) is 9.01. The van der Waals surface area contributed by atoms with Crippen molar-refractivity contribution in [3.63, 3.8) is 0 Å². The Hall–Kier alpha value is -3.29. The number of ether oxygens (including phenoxy) is 1. The molecule has 0 aliphatic carbocycles. The van der Waals surface area contributed by atoms with Gasteiger partial charge < -0.3 is 15.4 Å². The number of hydrogen-bond acceptors (Lipinski definition) is 4. The summed E-state index contributed by atoms with van der Waals surface area (Å²) in [5.41, 5.74) is 0.00834. The number of carbonyl (C=O) groups is 3. The summed E-state index contributed by atoms with van der Waals surface area (Å²) < 4.78 is 32.1. The average molecular weight is 404 g/mol. The van der Waals surface area contributed by atoms with Crippen LogP contribution in [0.2, 0.25) is 0 Å². The summed E-state index contributed by atoms with van der Waals surface area (Å²) in [7, 11) is 0. The maximum Gasteiger partial charge on any atom is 0.329 e. The van der Waals surface area contributed by atoms with Gasteiger partial charge in [0.1, 0.15) is 17.7 Å². The molecule has 0 aliphatic heterocycles. The predicted octanol–water partition coefficient (Wildman–Crippen LogP) is 3.29. The topological polar surface area (TPSA) is 84.5 Å². The van der Waals surface area contributed by atoms with Gasteiger partial charge >= 0.3 is 5.97 Å². The van der Waals surface area contributed by atoms with Crippen molar-refractivity contribution < 1.29 is 27.9 Å². The minimum Gasteiger partial charge on any atom is -0.451 e. The standard InChI is InChI=1S/C21H22F2N2O4/c1-12(2)18(25-20(27)16-9-4-5-10-17(16)23)21(28)29-13(3)19(26)24-15-8-6-7-14(22)11-15/h4-13,18H,1-3H3,(H,24,26)(H,25,27)/t13-,18+/m1/s1. The lowest BCUT2D eigenvalue weighted by molar-refractivity contribution is -0.156. The van der Waals surface area contributed by atoms with Crippen molar-refractivity contribution in [2.45, 2.75) is 32.9 Å². The van der Waals surface area contributed by atoms with Gasteiger partial charge in [0, 0.05) is 5.69 Å². The quantitative estimate of drug-likeness (QED) is 0.694. The molecule has 0 unspecified atom stereocenters. The van der Waals surface area contributed by atoms with E-state index in [0.717, 1.165) is 12.1 Å². The third-order valence-electron chi connectivity index (χ3n) is 4.08. The minimum atomic E-state index is -1.20. The Labute approximate surface area is 167 Å². The van der Waals surface area contributed by atoms with Crippen LogP contribution in [0.25, 0.3) is 0 Å². The van der Waals surface area contributed by atoms with Gasteiger partial charge in [0.25, 0.3) is 11.8 Å². The van der Waals surface area contributed by atoms with Gasteiger partial charge in [0.2, 0.25) is 0 Å². The lowest BCUT2D eigenvalue weighted by atomic mass is 10.0. The highest BCUT2D eigenvalue weighted by atomic mass is 19.1. The molecule has 0 fully saturated rings. The van der Waals surface area contributed by atoms with E-state index >= 15 is 0 Å². The minimum absolute atomic E-state index is 0.206. The van der Waals surface area contributed by atoms with Crippen molar-refractivity contribution in [2.75, 3.05) is 5.32 Å². The number of benzene rings is 2. The van der Waals surface area contributed by atoms with Crippen molar-refractivity contribution in [1.82, 2.24) is 5.32 Å². The summed E-state index contributed by atoms with van der Waals surface area (Å²) in [5.74, 6) is -3.89. The van der Waals surface area contributed by atoms with E-state index in [1.165, 1.54) is 43.3 Å². The molecule has 29 heavy (non-hydrogen) atoms. The number of carbonyl (C=O) groups excluding carboxylic acids is 3. The number of hydrogen-bond donors (Lipinski definition) is 2. The van der Waals surface area contributed by atoms with Crippen molar-refractivity contribution in [3.05, 3.63) is 65.7 Å². The molecular weight excluding hydrogens is 382 g/mol. The number of amides is 2. The molecule has 0 spiro atoms. The Morgan fingerprint density at radius 2 is 1.66 bits per heavy atom. The first kappa shape index (κ1) is 22.0. The van der Waals surface area contributed by atoms with Crippen LogP contribution in [0.3, 0.4) is 0 Å². The van der Waals surface area contributed by atoms with Crippen LogP contribution in [0, 0.1) is 17.6 Å². The summed E-state index contributed by atoms with van der Waals surface area (Å²) in [4.78, 5) is 37.0. The molecule has 0 saturated heterocycles. The predicted molar refractivity (Wildman–Crippen MR) is 103 cm³/mol. The largest absolute Gasteiger partial charge is 0.451 e. The van der Waals surface area contributed by atoms with Gasteiger partial charge in [-0.2, -0.15) is 0 Å². The van der Waals surface area contributed by atoms with E-state index in [2.05, 4.69) is 10.6 Å². The number of esters is 1. The summed E-state index contributed by atoms with van der Waals surface area (Å²) in [6.45, 7) is 4.69. The highest BCUT2D eigenvalue weighted by Crippen LogP contribution is 2.13. The second kappa shape index (κ2) is 9.77. The Morgan fingerprint density at radius 1 is 0.966 bits per heavy atom. The first-order chi connectivity index (χ1) is 13.7. The molecule has 2 atom stereocenters. The van der Waals surface area contributed by atoms with Crippen LogP contribution < -0.4 is 10.6 Å². The van der Waals surface area contributed by atoms with Crippen LogP contribution in [-0.4, -0.2) is 29.9 Å². The molecule has 154 valence electrons. The molecule has 0 bridgehead atoms. The highest BCUT2D eigenvalue weighted by molar-refractivity contribution is 5.98. The van der Waals surface area contributed by atoms with Gasteiger partial charge in [-0.15, -0.1) is 0 Å². The van der Waals surface area contributed by atoms with Crippen molar-refractivity contribution in [2.24, 2.45) is 5.92 Å². The molecule has 0 saturated carbocycles. The normalized spacial score (nSPS) is 12.8. The van der Waals surface area contributed by atoms with Gasteiger partial charge in [0.05, 0.1) is 5.56 Å². The first-order valence-electron chi connectivity index (χ1n) is 9.01. The monoisotopic (exact) mass is 404 g/mol. The van der Waals surface area contributed by atoms with Gasteiger partial charge in [-0.3, -0.25) is 9.59 Å². The Morgan fingerprint density at radius 3 is 2.28 bits per heavy atom. The molecule has 2 aromatic rings. The third kappa shape index (κ3) is 6.10. The Kier molecular flexibility index (Phi) is 7.41. The van der Waals surface area contributed by atoms with Crippen LogP contribution >= 0.6 is 0 Å². The van der Waals surface area contributed by atoms with E-state index in [4.69, 9.17) is 4.74 Å². The van der Waals surface area contributed by atoms with Crippen LogP contribution in [0.1, 0.15) is 31.1 Å². The van der Waals surface area contributed by atoms with Crippen LogP contribution in [-0.2, 0) is 14.3 Å². The van der Waals surface area contributed by atoms with Gasteiger partial charge in [0.15, 0.2) is 6.10 Å². The lowest BCUT2D eigenvalue weighted by Gasteiger charge is -2.23. The van der Waals surface area contributed by atoms with Crippen molar-refractivity contribution in [3.8, 4) is 0 Å². The van der Waals surface area contributed by atoms with E-state index in [-0.39, 0.29) is 17.2 Å². The Balaban J connectivity index is 2.02. The van der Waals surface area contributed by atoms with E-state index in [1.54, 1.807) is 13.8 Å². The fraction of sp³-hybridized carbons (Fsp3) is 0.286. The second-order valence-corrected chi connectivity index (χ2v) is 6.75. The van der Waals surface area contributed by atoms with Crippen LogP contribution in [0.5, 0.6) is 0 Å². The Bertz CT molecular complexity index is 902. The van der Waals surface area contributed by atoms with E-state index in [9.17, 15) is 23.2 Å². The van der Waals surface area contributed by atoms with Gasteiger partial charge in [-0.1, -0.05) is 32.0 Å². The molecule has 2 amide bonds. The SMILES string of the molecule is CC(C)[C@H](NC(=O)c1ccccc1F)C(=O)O[C@H](C)C(=O)Nc1cccc(F)c1. The maximum absolute atomic E-state index is 13.8. The molecule has 2 N–H and O–H groups in total. The molecule has 0 radical (unpaired) electrons. The zero-order chi connectivity index (χ0) is 21.6. The maximum atomic E-state index is 13.8. The molecular formula is C21H22F2N2O4. The van der Waals surface area contributed by atoms with E-state index in [1.807, 2.05) is 0 Å². The van der Waals surface area contributed by atoms with Crippen LogP contribution in [0.4, 0.5) is 14.5 Å². The van der Waals surface area contributed by atoms with Crippen LogP contribution in [0.15, 0.2) is 48.5 Å². The molecule has 0 aliphatic rings. The zero-order valence-corrected chi connectivity index (χ0v) is 16.2. The van der Waals surface area contributed by atoms with E-state index < -0.39 is 41.6 Å². The highest BCUT2D eigenvalue weighted by Gasteiger charge is 2.29. The number of nitrogens with one attached hydrogen (secondary N) is 2. The lowest BCUT2D eigenvalue weighted by Crippen LogP contribution is -2.47. The third-order valence-corrected chi connectivity index (χ3v) is 4.08. The second-order valence-electron chi connectivity index (χ2n) is 6.75. The number of anilines is 1. The van der Waals surface area contributed by atoms with E-state index in [0.29, 0.717) is 0 Å². The summed E-state index contributed by atoms with van der Waals surface area (Å²) in [6, 6.07) is 9.54. The van der Waals surface area contributed by atoms with Crippen molar-refractivity contribution >= 4 is 23.5 Å². The molecule has 2 aromatic carbocycles. The zero-order valence-electron chi connectivity index (χ0n) is 16.2. The van der Waals surface area contributed by atoms with Gasteiger partial charge in [-0.05, 0) is 43.2 Å². The number of rotatable bonds is 7. The van der Waals surface area contributed by atoms with Gasteiger partial charge in [-0.25, -0.2) is 13.6 Å².